The zero-order valence-corrected chi connectivity index (χ0v) is 13.9. The summed E-state index contributed by atoms with van der Waals surface area (Å²) < 4.78 is 27.4. The number of rotatable bonds is 5. The molecule has 1 aromatic heterocycles. The summed E-state index contributed by atoms with van der Waals surface area (Å²) in [7, 11) is -3.79. The average molecular weight is 347 g/mol. The number of aliphatic hydroxyl groups excluding tert-OH is 1. The van der Waals surface area contributed by atoms with Crippen LogP contribution in [0.25, 0.3) is 0 Å². The van der Waals surface area contributed by atoms with Gasteiger partial charge in [0.2, 0.25) is 10.0 Å². The minimum absolute atomic E-state index is 0.0455. The highest BCUT2D eigenvalue weighted by molar-refractivity contribution is 7.89. The molecule has 0 amide bonds. The molecule has 1 unspecified atom stereocenters. The topological polar surface area (TPSA) is 79.3 Å². The molecule has 1 heterocycles. The Kier molecular flexibility index (Phi) is 5.00. The fraction of sp³-hybridized carbons (Fsp3) is 0.308. The predicted molar refractivity (Wildman–Crippen MR) is 83.0 cm³/mol. The monoisotopic (exact) mass is 346 g/mol. The van der Waals surface area contributed by atoms with Crippen molar-refractivity contribution in [1.29, 1.82) is 0 Å². The third-order valence-corrected chi connectivity index (χ3v) is 5.97. The van der Waals surface area contributed by atoms with Crippen molar-refractivity contribution >= 4 is 33.0 Å². The van der Waals surface area contributed by atoms with E-state index < -0.39 is 16.1 Å². The Morgan fingerprint density at radius 2 is 2.19 bits per heavy atom. The van der Waals surface area contributed by atoms with E-state index in [4.69, 9.17) is 16.7 Å². The van der Waals surface area contributed by atoms with E-state index in [1.54, 1.807) is 13.0 Å². The lowest BCUT2D eigenvalue weighted by Gasteiger charge is -2.13. The van der Waals surface area contributed by atoms with E-state index >= 15 is 0 Å². The van der Waals surface area contributed by atoms with Crippen molar-refractivity contribution in [1.82, 2.24) is 9.71 Å². The Balaban J connectivity index is 2.30. The van der Waals surface area contributed by atoms with Crippen molar-refractivity contribution in [2.75, 3.05) is 0 Å². The molecule has 0 saturated heterocycles. The molecule has 1 atom stereocenters. The highest BCUT2D eigenvalue weighted by atomic mass is 35.5. The first-order chi connectivity index (χ1) is 9.83. The fourth-order valence-electron chi connectivity index (χ4n) is 1.77. The van der Waals surface area contributed by atoms with E-state index in [0.717, 1.165) is 5.69 Å². The molecule has 5 nitrogen and oxygen atoms in total. The van der Waals surface area contributed by atoms with E-state index in [2.05, 4.69) is 9.71 Å². The number of hydrogen-bond acceptors (Lipinski definition) is 5. The molecule has 114 valence electrons. The molecule has 0 radical (unpaired) electrons. The van der Waals surface area contributed by atoms with Crippen molar-refractivity contribution in [2.45, 2.75) is 31.4 Å². The van der Waals surface area contributed by atoms with Gasteiger partial charge >= 0.3 is 0 Å². The summed E-state index contributed by atoms with van der Waals surface area (Å²) in [5, 5.41) is 11.8. The Hall–Kier alpha value is -0.990. The van der Waals surface area contributed by atoms with Crippen molar-refractivity contribution < 1.29 is 13.5 Å². The Morgan fingerprint density at radius 3 is 2.76 bits per heavy atom. The number of sulfonamides is 1. The summed E-state index contributed by atoms with van der Waals surface area (Å²) in [6.45, 7) is 3.32. The fourth-order valence-corrected chi connectivity index (χ4v) is 4.41. The number of nitrogens with one attached hydrogen (secondary N) is 1. The third kappa shape index (κ3) is 3.81. The Bertz CT molecular complexity index is 744. The lowest BCUT2D eigenvalue weighted by Crippen LogP contribution is -2.27. The standard InChI is InChI=1S/C13H15ClN2O3S2/c1-8-7-20-13(15-8)9(2)16-21(18,19)12-5-10(6-17)3-4-11(12)14/h3-5,7,9,16-17H,6H2,1-2H3. The lowest BCUT2D eigenvalue weighted by atomic mass is 10.2. The molecule has 21 heavy (non-hydrogen) atoms. The zero-order chi connectivity index (χ0) is 15.6. The zero-order valence-electron chi connectivity index (χ0n) is 11.5. The Labute approximate surface area is 132 Å². The molecule has 2 aromatic rings. The van der Waals surface area contributed by atoms with E-state index in [9.17, 15) is 8.42 Å². The second-order valence-electron chi connectivity index (χ2n) is 4.59. The van der Waals surface area contributed by atoms with Crippen LogP contribution in [-0.2, 0) is 16.6 Å². The summed E-state index contributed by atoms with van der Waals surface area (Å²) in [5.41, 5.74) is 1.33. The van der Waals surface area contributed by atoms with Crippen LogP contribution in [0.2, 0.25) is 5.02 Å². The van der Waals surface area contributed by atoms with Gasteiger partial charge in [0.15, 0.2) is 0 Å². The van der Waals surface area contributed by atoms with E-state index in [-0.39, 0.29) is 16.5 Å². The van der Waals surface area contributed by atoms with Crippen molar-refractivity contribution in [2.24, 2.45) is 0 Å². The largest absolute Gasteiger partial charge is 0.392 e. The maximum atomic E-state index is 12.4. The molecule has 2 rings (SSSR count). The van der Waals surface area contributed by atoms with Gasteiger partial charge in [0, 0.05) is 11.1 Å². The number of hydrogen-bond donors (Lipinski definition) is 2. The lowest BCUT2D eigenvalue weighted by molar-refractivity contribution is 0.281. The second-order valence-corrected chi connectivity index (χ2v) is 7.57. The van der Waals surface area contributed by atoms with Crippen molar-refractivity contribution in [3.8, 4) is 0 Å². The Morgan fingerprint density at radius 1 is 1.48 bits per heavy atom. The first kappa shape index (κ1) is 16.4. The van der Waals surface area contributed by atoms with Crippen LogP contribution in [0.15, 0.2) is 28.5 Å². The van der Waals surface area contributed by atoms with Gasteiger partial charge in [-0.25, -0.2) is 18.1 Å². The average Bonchev–Trinajstić information content (AvgIpc) is 2.85. The molecule has 0 aliphatic carbocycles. The number of aliphatic hydroxyl groups is 1. The highest BCUT2D eigenvalue weighted by Crippen LogP contribution is 2.25. The van der Waals surface area contributed by atoms with Gasteiger partial charge in [-0.2, -0.15) is 0 Å². The number of halogens is 1. The van der Waals surface area contributed by atoms with Gasteiger partial charge in [-0.15, -0.1) is 11.3 Å². The summed E-state index contributed by atoms with van der Waals surface area (Å²) in [4.78, 5) is 4.22. The first-order valence-corrected chi connectivity index (χ1v) is 8.91. The van der Waals surface area contributed by atoms with Crippen molar-refractivity contribution in [3.63, 3.8) is 0 Å². The van der Waals surface area contributed by atoms with Gasteiger partial charge < -0.3 is 5.11 Å². The quantitative estimate of drug-likeness (QED) is 0.872. The molecule has 2 N–H and O–H groups in total. The van der Waals surface area contributed by atoms with Gasteiger partial charge in [-0.3, -0.25) is 0 Å². The number of aryl methyl sites for hydroxylation is 1. The number of benzene rings is 1. The molecule has 0 aliphatic heterocycles. The number of aromatic nitrogens is 1. The third-order valence-electron chi connectivity index (χ3n) is 2.81. The molecule has 0 spiro atoms. The maximum absolute atomic E-state index is 12.4. The molecular weight excluding hydrogens is 332 g/mol. The van der Waals surface area contributed by atoms with Gasteiger partial charge in [0.25, 0.3) is 0 Å². The van der Waals surface area contributed by atoms with Crippen LogP contribution >= 0.6 is 22.9 Å². The molecule has 0 aliphatic rings. The van der Waals surface area contributed by atoms with Crippen LogP contribution in [0.1, 0.15) is 29.2 Å². The minimum Gasteiger partial charge on any atom is -0.392 e. The van der Waals surface area contributed by atoms with Crippen LogP contribution in [0, 0.1) is 6.92 Å². The smallest absolute Gasteiger partial charge is 0.242 e. The van der Waals surface area contributed by atoms with Gasteiger partial charge in [-0.05, 0) is 31.5 Å². The van der Waals surface area contributed by atoms with Gasteiger partial charge in [0.1, 0.15) is 9.90 Å². The van der Waals surface area contributed by atoms with Crippen LogP contribution in [0.3, 0.4) is 0 Å². The molecule has 0 fully saturated rings. The SMILES string of the molecule is Cc1csc(C(C)NS(=O)(=O)c2cc(CO)ccc2Cl)n1. The molecular formula is C13H15ClN2O3S2. The second kappa shape index (κ2) is 6.41. The highest BCUT2D eigenvalue weighted by Gasteiger charge is 2.22. The van der Waals surface area contributed by atoms with Crippen LogP contribution in [-0.4, -0.2) is 18.5 Å². The summed E-state index contributed by atoms with van der Waals surface area (Å²) >= 11 is 7.35. The number of thiazole rings is 1. The molecule has 0 saturated carbocycles. The van der Waals surface area contributed by atoms with Crippen LogP contribution in [0.5, 0.6) is 0 Å². The predicted octanol–water partition coefficient (Wildman–Crippen LogP) is 2.64. The van der Waals surface area contributed by atoms with Gasteiger partial charge in [-0.1, -0.05) is 17.7 Å². The van der Waals surface area contributed by atoms with E-state index in [1.807, 2.05) is 12.3 Å². The summed E-state index contributed by atoms with van der Waals surface area (Å²) in [6.07, 6.45) is 0. The van der Waals surface area contributed by atoms with E-state index in [0.29, 0.717) is 10.6 Å². The normalized spacial score (nSPS) is 13.3. The molecule has 1 aromatic carbocycles. The van der Waals surface area contributed by atoms with Gasteiger partial charge in [0.05, 0.1) is 17.7 Å². The molecule has 8 heteroatoms. The van der Waals surface area contributed by atoms with E-state index in [1.165, 1.54) is 23.5 Å². The minimum atomic E-state index is -3.79. The first-order valence-electron chi connectivity index (χ1n) is 6.17. The molecule has 0 bridgehead atoms. The summed E-state index contributed by atoms with van der Waals surface area (Å²) in [5.74, 6) is 0. The number of nitrogens with zero attached hydrogens (tertiary/aromatic N) is 1. The van der Waals surface area contributed by atoms with Crippen LogP contribution in [0.4, 0.5) is 0 Å². The maximum Gasteiger partial charge on any atom is 0.242 e. The van der Waals surface area contributed by atoms with Crippen LogP contribution < -0.4 is 4.72 Å². The van der Waals surface area contributed by atoms with Crippen molar-refractivity contribution in [3.05, 3.63) is 44.9 Å². The summed E-state index contributed by atoms with van der Waals surface area (Å²) in [6, 6.07) is 3.95.